The SMILES string of the molecule is CC[C@H](NS(=O)(=O)C[C@@H](C)c1ccccc1)c1nc(C)cs1. The van der Waals surface area contributed by atoms with E-state index in [1.54, 1.807) is 0 Å². The van der Waals surface area contributed by atoms with Gasteiger partial charge in [-0.3, -0.25) is 0 Å². The Kier molecular flexibility index (Phi) is 5.72. The molecule has 2 rings (SSSR count). The molecule has 2 aromatic rings. The van der Waals surface area contributed by atoms with Gasteiger partial charge in [0.15, 0.2) is 0 Å². The third-order valence-corrected chi connectivity index (χ3v) is 6.16. The molecule has 22 heavy (non-hydrogen) atoms. The van der Waals surface area contributed by atoms with Crippen LogP contribution in [0.5, 0.6) is 0 Å². The lowest BCUT2D eigenvalue weighted by molar-refractivity contribution is 0.544. The normalized spacial score (nSPS) is 14.7. The molecule has 120 valence electrons. The van der Waals surface area contributed by atoms with Crippen LogP contribution in [0.1, 0.15) is 48.5 Å². The van der Waals surface area contributed by atoms with Crippen LogP contribution in [0.2, 0.25) is 0 Å². The number of hydrogen-bond donors (Lipinski definition) is 1. The van der Waals surface area contributed by atoms with Gasteiger partial charge in [0.05, 0.1) is 11.8 Å². The molecule has 0 unspecified atom stereocenters. The fourth-order valence-electron chi connectivity index (χ4n) is 2.31. The zero-order chi connectivity index (χ0) is 16.2. The minimum Gasteiger partial charge on any atom is -0.245 e. The Balaban J connectivity index is 2.06. The second-order valence-electron chi connectivity index (χ2n) is 5.50. The molecule has 0 aliphatic rings. The van der Waals surface area contributed by atoms with Crippen LogP contribution in [0, 0.1) is 6.92 Å². The molecule has 0 amide bonds. The first-order valence-electron chi connectivity index (χ1n) is 7.38. The Labute approximate surface area is 136 Å². The summed E-state index contributed by atoms with van der Waals surface area (Å²) >= 11 is 1.50. The molecule has 1 aromatic heterocycles. The highest BCUT2D eigenvalue weighted by Crippen LogP contribution is 2.23. The zero-order valence-corrected chi connectivity index (χ0v) is 14.7. The molecule has 1 aromatic carbocycles. The zero-order valence-electron chi connectivity index (χ0n) is 13.1. The molecule has 2 atom stereocenters. The van der Waals surface area contributed by atoms with Crippen molar-refractivity contribution in [3.8, 4) is 0 Å². The summed E-state index contributed by atoms with van der Waals surface area (Å²) in [6.45, 7) is 5.81. The smallest absolute Gasteiger partial charge is 0.212 e. The van der Waals surface area contributed by atoms with Gasteiger partial charge in [0.2, 0.25) is 10.0 Å². The largest absolute Gasteiger partial charge is 0.245 e. The minimum absolute atomic E-state index is 0.0470. The molecule has 1 N–H and O–H groups in total. The van der Waals surface area contributed by atoms with Gasteiger partial charge in [0, 0.05) is 11.1 Å². The van der Waals surface area contributed by atoms with Crippen molar-refractivity contribution in [3.05, 3.63) is 52.0 Å². The van der Waals surface area contributed by atoms with E-state index in [-0.39, 0.29) is 17.7 Å². The summed E-state index contributed by atoms with van der Waals surface area (Å²) < 4.78 is 27.7. The summed E-state index contributed by atoms with van der Waals surface area (Å²) in [6.07, 6.45) is 0.686. The summed E-state index contributed by atoms with van der Waals surface area (Å²) in [4.78, 5) is 4.39. The molecule has 6 heteroatoms. The molecule has 0 spiro atoms. The topological polar surface area (TPSA) is 59.1 Å². The molecule has 1 heterocycles. The van der Waals surface area contributed by atoms with Crippen LogP contribution in [-0.4, -0.2) is 19.2 Å². The van der Waals surface area contributed by atoms with E-state index in [0.717, 1.165) is 16.3 Å². The van der Waals surface area contributed by atoms with Gasteiger partial charge in [-0.25, -0.2) is 18.1 Å². The van der Waals surface area contributed by atoms with Crippen LogP contribution in [-0.2, 0) is 10.0 Å². The lowest BCUT2D eigenvalue weighted by Crippen LogP contribution is -2.32. The van der Waals surface area contributed by atoms with Crippen LogP contribution in [0.4, 0.5) is 0 Å². The number of aryl methyl sites for hydroxylation is 1. The van der Waals surface area contributed by atoms with Gasteiger partial charge in [-0.1, -0.05) is 44.2 Å². The molecule has 0 fully saturated rings. The van der Waals surface area contributed by atoms with Crippen LogP contribution in [0.15, 0.2) is 35.7 Å². The van der Waals surface area contributed by atoms with E-state index in [2.05, 4.69) is 9.71 Å². The first-order valence-corrected chi connectivity index (χ1v) is 9.91. The van der Waals surface area contributed by atoms with Crippen LogP contribution >= 0.6 is 11.3 Å². The van der Waals surface area contributed by atoms with E-state index in [1.165, 1.54) is 11.3 Å². The fraction of sp³-hybridized carbons (Fsp3) is 0.438. The first kappa shape index (κ1) is 17.1. The van der Waals surface area contributed by atoms with Gasteiger partial charge in [0.1, 0.15) is 5.01 Å². The van der Waals surface area contributed by atoms with Gasteiger partial charge in [0.25, 0.3) is 0 Å². The molecule has 0 aliphatic heterocycles. The number of thiazole rings is 1. The highest BCUT2D eigenvalue weighted by atomic mass is 32.2. The van der Waals surface area contributed by atoms with Crippen molar-refractivity contribution >= 4 is 21.4 Å². The molecular weight excluding hydrogens is 316 g/mol. The number of benzene rings is 1. The van der Waals surface area contributed by atoms with Crippen molar-refractivity contribution < 1.29 is 8.42 Å². The highest BCUT2D eigenvalue weighted by Gasteiger charge is 2.23. The molecular formula is C16H22N2O2S2. The third-order valence-electron chi connectivity index (χ3n) is 3.50. The van der Waals surface area contributed by atoms with Crippen molar-refractivity contribution in [3.63, 3.8) is 0 Å². The van der Waals surface area contributed by atoms with E-state index in [4.69, 9.17) is 0 Å². The van der Waals surface area contributed by atoms with Crippen LogP contribution in [0.25, 0.3) is 0 Å². The Morgan fingerprint density at radius 3 is 2.50 bits per heavy atom. The Hall–Kier alpha value is -1.24. The number of nitrogens with one attached hydrogen (secondary N) is 1. The van der Waals surface area contributed by atoms with E-state index >= 15 is 0 Å². The van der Waals surface area contributed by atoms with Crippen molar-refractivity contribution in [2.24, 2.45) is 0 Å². The van der Waals surface area contributed by atoms with Crippen LogP contribution < -0.4 is 4.72 Å². The minimum atomic E-state index is -3.36. The Morgan fingerprint density at radius 2 is 1.95 bits per heavy atom. The maximum atomic E-state index is 12.4. The maximum absolute atomic E-state index is 12.4. The molecule has 4 nitrogen and oxygen atoms in total. The van der Waals surface area contributed by atoms with Crippen molar-refractivity contribution in [1.82, 2.24) is 9.71 Å². The lowest BCUT2D eigenvalue weighted by Gasteiger charge is -2.17. The van der Waals surface area contributed by atoms with Crippen molar-refractivity contribution in [1.29, 1.82) is 0 Å². The van der Waals surface area contributed by atoms with Gasteiger partial charge >= 0.3 is 0 Å². The summed E-state index contributed by atoms with van der Waals surface area (Å²) in [5.74, 6) is 0.0342. The van der Waals surface area contributed by atoms with E-state index < -0.39 is 10.0 Å². The van der Waals surface area contributed by atoms with Gasteiger partial charge < -0.3 is 0 Å². The summed E-state index contributed by atoms with van der Waals surface area (Å²) in [5, 5.41) is 2.77. The predicted molar refractivity (Wildman–Crippen MR) is 91.7 cm³/mol. The quantitative estimate of drug-likeness (QED) is 0.839. The van der Waals surface area contributed by atoms with E-state index in [9.17, 15) is 8.42 Å². The average Bonchev–Trinajstić information content (AvgIpc) is 2.91. The summed E-state index contributed by atoms with van der Waals surface area (Å²) in [7, 11) is -3.36. The second kappa shape index (κ2) is 7.35. The van der Waals surface area contributed by atoms with Gasteiger partial charge in [-0.2, -0.15) is 0 Å². The number of hydrogen-bond acceptors (Lipinski definition) is 4. The van der Waals surface area contributed by atoms with Crippen molar-refractivity contribution in [2.45, 2.75) is 39.2 Å². The number of aromatic nitrogens is 1. The summed E-state index contributed by atoms with van der Waals surface area (Å²) in [6, 6.07) is 9.47. The number of sulfonamides is 1. The van der Waals surface area contributed by atoms with Gasteiger partial charge in [-0.15, -0.1) is 11.3 Å². The van der Waals surface area contributed by atoms with Crippen molar-refractivity contribution in [2.75, 3.05) is 5.75 Å². The first-order chi connectivity index (χ1) is 10.4. The Morgan fingerprint density at radius 1 is 1.27 bits per heavy atom. The molecule has 0 saturated carbocycles. The number of nitrogens with zero attached hydrogens (tertiary/aromatic N) is 1. The second-order valence-corrected chi connectivity index (χ2v) is 8.19. The Bertz CT molecular complexity index is 696. The lowest BCUT2D eigenvalue weighted by atomic mass is 10.0. The molecule has 0 bridgehead atoms. The third kappa shape index (κ3) is 4.63. The van der Waals surface area contributed by atoms with E-state index in [0.29, 0.717) is 6.42 Å². The number of rotatable bonds is 7. The standard InChI is InChI=1S/C16H22N2O2S2/c1-4-15(16-17-13(3)10-21-16)18-22(19,20)11-12(2)14-8-6-5-7-9-14/h5-10,12,15,18H,4,11H2,1-3H3/t12-,15+/m1/s1. The average molecular weight is 338 g/mol. The maximum Gasteiger partial charge on any atom is 0.212 e. The fourth-order valence-corrected chi connectivity index (χ4v) is 4.98. The predicted octanol–water partition coefficient (Wildman–Crippen LogP) is 3.63. The van der Waals surface area contributed by atoms with E-state index in [1.807, 2.05) is 56.5 Å². The molecule has 0 saturated heterocycles. The highest BCUT2D eigenvalue weighted by molar-refractivity contribution is 7.89. The van der Waals surface area contributed by atoms with Crippen LogP contribution in [0.3, 0.4) is 0 Å². The van der Waals surface area contributed by atoms with Gasteiger partial charge in [-0.05, 0) is 24.8 Å². The molecule has 0 radical (unpaired) electrons. The molecule has 0 aliphatic carbocycles. The monoisotopic (exact) mass is 338 g/mol. The summed E-state index contributed by atoms with van der Waals surface area (Å²) in [5.41, 5.74) is 1.96.